The molecule has 5 heteroatoms. The molecule has 0 radical (unpaired) electrons. The highest BCUT2D eigenvalue weighted by molar-refractivity contribution is 6.11. The molecule has 1 aliphatic rings. The van der Waals surface area contributed by atoms with E-state index in [9.17, 15) is 9.59 Å². The summed E-state index contributed by atoms with van der Waals surface area (Å²) in [5.74, 6) is -1.10. The lowest BCUT2D eigenvalue weighted by atomic mass is 9.90. The van der Waals surface area contributed by atoms with Crippen LogP contribution < -0.4 is 11.1 Å². The minimum atomic E-state index is -0.499. The highest BCUT2D eigenvalue weighted by atomic mass is 16.2. The molecule has 0 spiro atoms. The van der Waals surface area contributed by atoms with Gasteiger partial charge >= 0.3 is 0 Å². The Morgan fingerprint density at radius 3 is 2.75 bits per heavy atom. The van der Waals surface area contributed by atoms with Crippen LogP contribution in [0.2, 0.25) is 0 Å². The number of imide groups is 1. The van der Waals surface area contributed by atoms with E-state index in [0.717, 1.165) is 6.42 Å². The monoisotopic (exact) mass is 275 g/mol. The van der Waals surface area contributed by atoms with Crippen LogP contribution in [0.5, 0.6) is 0 Å². The Kier molecular flexibility index (Phi) is 5.90. The van der Waals surface area contributed by atoms with Gasteiger partial charge in [-0.15, -0.1) is 0 Å². The van der Waals surface area contributed by atoms with Gasteiger partial charge in [0.25, 0.3) is 0 Å². The highest BCUT2D eigenvalue weighted by Gasteiger charge is 2.30. The molecule has 0 aromatic carbocycles. The summed E-state index contributed by atoms with van der Waals surface area (Å²) < 4.78 is 0. The van der Waals surface area contributed by atoms with Gasteiger partial charge < -0.3 is 5.73 Å². The van der Waals surface area contributed by atoms with Crippen molar-refractivity contribution in [2.24, 2.45) is 16.6 Å². The molecule has 20 heavy (non-hydrogen) atoms. The Balaban J connectivity index is 3.19. The number of nitrogens with two attached hydrogens (primary N) is 1. The lowest BCUT2D eigenvalue weighted by Crippen LogP contribution is -2.43. The Bertz CT molecular complexity index is 501. The third kappa shape index (κ3) is 3.66. The summed E-state index contributed by atoms with van der Waals surface area (Å²) in [7, 11) is 1.65. The number of piperidine rings is 1. The van der Waals surface area contributed by atoms with E-state index in [1.54, 1.807) is 13.1 Å². The molecule has 5 nitrogen and oxygen atoms in total. The minimum absolute atomic E-state index is 0.252. The Labute approximate surface area is 119 Å². The molecule has 0 saturated carbocycles. The number of nitrogens with zero attached hydrogens (tertiary/aromatic N) is 1. The predicted octanol–water partition coefficient (Wildman–Crippen LogP) is 1.48. The Morgan fingerprint density at radius 2 is 2.25 bits per heavy atom. The fourth-order valence-corrected chi connectivity index (χ4v) is 2.06. The first-order valence-corrected chi connectivity index (χ1v) is 6.64. The van der Waals surface area contributed by atoms with Crippen LogP contribution in [0, 0.1) is 5.92 Å². The molecule has 1 rings (SSSR count). The average molecular weight is 275 g/mol. The number of allylic oxidation sites excluding steroid dienone is 4. The van der Waals surface area contributed by atoms with Crippen LogP contribution >= 0.6 is 0 Å². The summed E-state index contributed by atoms with van der Waals surface area (Å²) in [5, 5.41) is 2.31. The summed E-state index contributed by atoms with van der Waals surface area (Å²) in [6.45, 7) is 5.72. The third-order valence-corrected chi connectivity index (χ3v) is 3.16. The smallest absolute Gasteiger partial charge is 0.235 e. The van der Waals surface area contributed by atoms with Crippen LogP contribution in [-0.4, -0.2) is 24.6 Å². The van der Waals surface area contributed by atoms with E-state index >= 15 is 0 Å². The van der Waals surface area contributed by atoms with E-state index < -0.39 is 5.92 Å². The van der Waals surface area contributed by atoms with Crippen LogP contribution in [0.15, 0.2) is 41.1 Å². The second kappa shape index (κ2) is 7.43. The molecule has 3 N–H and O–H groups in total. The van der Waals surface area contributed by atoms with Crippen LogP contribution in [-0.2, 0) is 9.59 Å². The van der Waals surface area contributed by atoms with E-state index in [1.807, 2.05) is 19.1 Å². The molecule has 0 bridgehead atoms. The van der Waals surface area contributed by atoms with Gasteiger partial charge in [0.2, 0.25) is 11.8 Å². The van der Waals surface area contributed by atoms with Crippen LogP contribution in [0.25, 0.3) is 0 Å². The summed E-state index contributed by atoms with van der Waals surface area (Å²) in [6.07, 6.45) is 6.98. The molecule has 0 aromatic heterocycles. The Hall–Kier alpha value is -2.17. The van der Waals surface area contributed by atoms with Gasteiger partial charge in [-0.1, -0.05) is 25.7 Å². The van der Waals surface area contributed by atoms with Gasteiger partial charge in [0.05, 0.1) is 11.6 Å². The number of aliphatic imine (C=N–C) groups is 1. The predicted molar refractivity (Wildman–Crippen MR) is 80.1 cm³/mol. The fourth-order valence-electron chi connectivity index (χ4n) is 2.06. The van der Waals surface area contributed by atoms with E-state index in [1.165, 1.54) is 0 Å². The number of carbonyl (C=O) groups is 2. The number of nitrogens with one attached hydrogen (secondary N) is 1. The molecule has 1 fully saturated rings. The number of amides is 2. The van der Waals surface area contributed by atoms with Crippen molar-refractivity contribution in [3.8, 4) is 0 Å². The Morgan fingerprint density at radius 1 is 1.55 bits per heavy atom. The molecule has 1 atom stereocenters. The standard InChI is InChI=1S/C15H21N3O2/c1-4-6-7-10(12(5-2)17-3)14(16)11-8-9-13(19)18-15(11)20/h5-7,11H,2,4,8-9,16H2,1,3H3,(H,18,19,20)/b7-6-,14-10-,17-12?. The van der Waals surface area contributed by atoms with Crippen molar-refractivity contribution in [1.29, 1.82) is 0 Å². The zero-order chi connectivity index (χ0) is 15.1. The first kappa shape index (κ1) is 15.9. The summed E-state index contributed by atoms with van der Waals surface area (Å²) in [4.78, 5) is 27.2. The van der Waals surface area contributed by atoms with Crippen molar-refractivity contribution in [1.82, 2.24) is 5.32 Å². The largest absolute Gasteiger partial charge is 0.401 e. The van der Waals surface area contributed by atoms with Crippen molar-refractivity contribution < 1.29 is 9.59 Å². The average Bonchev–Trinajstić information content (AvgIpc) is 2.43. The van der Waals surface area contributed by atoms with Crippen molar-refractivity contribution in [2.75, 3.05) is 7.05 Å². The first-order valence-electron chi connectivity index (χ1n) is 6.64. The summed E-state index contributed by atoms with van der Waals surface area (Å²) in [6, 6.07) is 0. The lowest BCUT2D eigenvalue weighted by Gasteiger charge is -2.23. The van der Waals surface area contributed by atoms with E-state index in [0.29, 0.717) is 29.8 Å². The number of hydrogen-bond donors (Lipinski definition) is 2. The molecule has 2 amide bonds. The van der Waals surface area contributed by atoms with Crippen LogP contribution in [0.4, 0.5) is 0 Å². The number of hydrogen-bond acceptors (Lipinski definition) is 4. The molecule has 1 heterocycles. The molecule has 0 aromatic rings. The molecule has 0 aliphatic carbocycles. The van der Waals surface area contributed by atoms with Gasteiger partial charge in [-0.2, -0.15) is 0 Å². The van der Waals surface area contributed by atoms with Gasteiger partial charge in [-0.05, 0) is 18.9 Å². The minimum Gasteiger partial charge on any atom is -0.401 e. The fraction of sp³-hybridized carbons (Fsp3) is 0.400. The van der Waals surface area contributed by atoms with Crippen molar-refractivity contribution in [3.63, 3.8) is 0 Å². The zero-order valence-electron chi connectivity index (χ0n) is 12.0. The molecule has 1 aliphatic heterocycles. The van der Waals surface area contributed by atoms with Crippen molar-refractivity contribution in [2.45, 2.75) is 26.2 Å². The summed E-state index contributed by atoms with van der Waals surface area (Å²) >= 11 is 0. The highest BCUT2D eigenvalue weighted by Crippen LogP contribution is 2.22. The second-order valence-corrected chi connectivity index (χ2v) is 4.50. The maximum absolute atomic E-state index is 11.9. The van der Waals surface area contributed by atoms with Gasteiger partial charge in [0, 0.05) is 24.7 Å². The van der Waals surface area contributed by atoms with E-state index in [4.69, 9.17) is 5.73 Å². The molecule has 1 unspecified atom stereocenters. The van der Waals surface area contributed by atoms with Crippen molar-refractivity contribution in [3.05, 3.63) is 36.1 Å². The lowest BCUT2D eigenvalue weighted by molar-refractivity contribution is -0.135. The van der Waals surface area contributed by atoms with Gasteiger partial charge in [0.1, 0.15) is 0 Å². The molecular weight excluding hydrogens is 254 g/mol. The SMILES string of the molecule is C=CC(=NC)C(/C=C\CC)=C(\N)C1CCC(=O)NC1=O. The van der Waals surface area contributed by atoms with E-state index in [-0.39, 0.29) is 11.8 Å². The molecular formula is C15H21N3O2. The second-order valence-electron chi connectivity index (χ2n) is 4.50. The maximum Gasteiger partial charge on any atom is 0.235 e. The topological polar surface area (TPSA) is 84.5 Å². The first-order chi connectivity index (χ1) is 9.54. The number of carbonyl (C=O) groups excluding carboxylic acids is 2. The van der Waals surface area contributed by atoms with Crippen LogP contribution in [0.3, 0.4) is 0 Å². The third-order valence-electron chi connectivity index (χ3n) is 3.16. The maximum atomic E-state index is 11.9. The van der Waals surface area contributed by atoms with Gasteiger partial charge in [-0.25, -0.2) is 0 Å². The van der Waals surface area contributed by atoms with Gasteiger partial charge in [-0.3, -0.25) is 19.9 Å². The van der Waals surface area contributed by atoms with Crippen LogP contribution in [0.1, 0.15) is 26.2 Å². The quantitative estimate of drug-likeness (QED) is 0.453. The number of rotatable bonds is 5. The normalized spacial score (nSPS) is 21.7. The molecule has 1 saturated heterocycles. The molecule has 108 valence electrons. The summed E-state index contributed by atoms with van der Waals surface area (Å²) in [5.41, 5.74) is 7.91. The van der Waals surface area contributed by atoms with E-state index in [2.05, 4.69) is 16.9 Å². The zero-order valence-corrected chi connectivity index (χ0v) is 12.0. The van der Waals surface area contributed by atoms with Crippen molar-refractivity contribution >= 4 is 17.5 Å². The van der Waals surface area contributed by atoms with Gasteiger partial charge in [0.15, 0.2) is 0 Å².